The van der Waals surface area contributed by atoms with Gasteiger partial charge in [0.15, 0.2) is 0 Å². The fourth-order valence-corrected chi connectivity index (χ4v) is 2.34. The fraction of sp³-hybridized carbons (Fsp3) is 0.125. The largest absolute Gasteiger partial charge is 0.376 e. The summed E-state index contributed by atoms with van der Waals surface area (Å²) in [5.41, 5.74) is 3.68. The number of hydrogen-bond acceptors (Lipinski definition) is 1. The molecule has 0 unspecified atom stereocenters. The van der Waals surface area contributed by atoms with Crippen LogP contribution in [-0.4, -0.2) is 18.7 Å². The lowest BCUT2D eigenvalue weighted by molar-refractivity contribution is 1.06. The minimum Gasteiger partial charge on any atom is -0.376 e. The lowest BCUT2D eigenvalue weighted by Gasteiger charge is -2.18. The SMILES string of the molecule is CN(C)c1ccccc1-n1ccc2ccccc21. The highest BCUT2D eigenvalue weighted by Crippen LogP contribution is 2.27. The predicted octanol–water partition coefficient (Wildman–Crippen LogP) is 3.70. The first-order valence-electron chi connectivity index (χ1n) is 6.10. The molecular formula is C16H16N2. The summed E-state index contributed by atoms with van der Waals surface area (Å²) in [7, 11) is 4.15. The average molecular weight is 236 g/mol. The minimum absolute atomic E-state index is 1.21. The molecule has 2 heteroatoms. The molecule has 0 spiro atoms. The molecule has 90 valence electrons. The first-order valence-corrected chi connectivity index (χ1v) is 6.10. The fourth-order valence-electron chi connectivity index (χ4n) is 2.34. The summed E-state index contributed by atoms with van der Waals surface area (Å²) < 4.78 is 2.24. The number of nitrogens with zero attached hydrogens (tertiary/aromatic N) is 2. The Hall–Kier alpha value is -2.22. The van der Waals surface area contributed by atoms with Crippen molar-refractivity contribution < 1.29 is 0 Å². The first kappa shape index (κ1) is 10.9. The highest BCUT2D eigenvalue weighted by Gasteiger charge is 2.07. The lowest BCUT2D eigenvalue weighted by Crippen LogP contribution is -2.11. The van der Waals surface area contributed by atoms with Gasteiger partial charge in [-0.1, -0.05) is 30.3 Å². The quantitative estimate of drug-likeness (QED) is 0.658. The van der Waals surface area contributed by atoms with E-state index in [-0.39, 0.29) is 0 Å². The zero-order valence-electron chi connectivity index (χ0n) is 10.7. The monoisotopic (exact) mass is 236 g/mol. The van der Waals surface area contributed by atoms with Crippen LogP contribution >= 0.6 is 0 Å². The van der Waals surface area contributed by atoms with E-state index in [1.807, 2.05) is 0 Å². The number of benzene rings is 2. The molecule has 0 aliphatic rings. The van der Waals surface area contributed by atoms with E-state index >= 15 is 0 Å². The number of para-hydroxylation sites is 3. The van der Waals surface area contributed by atoms with Crippen molar-refractivity contribution in [2.24, 2.45) is 0 Å². The third-order valence-corrected chi connectivity index (χ3v) is 3.22. The summed E-state index contributed by atoms with van der Waals surface area (Å²) in [6.07, 6.45) is 2.13. The Morgan fingerprint density at radius 1 is 0.833 bits per heavy atom. The van der Waals surface area contributed by atoms with Gasteiger partial charge in [0.2, 0.25) is 0 Å². The van der Waals surface area contributed by atoms with Gasteiger partial charge in [0.1, 0.15) is 0 Å². The predicted molar refractivity (Wildman–Crippen MR) is 77.6 cm³/mol. The third kappa shape index (κ3) is 1.66. The van der Waals surface area contributed by atoms with Crippen molar-refractivity contribution in [3.05, 3.63) is 60.8 Å². The highest BCUT2D eigenvalue weighted by atomic mass is 15.1. The number of rotatable bonds is 2. The normalized spacial score (nSPS) is 10.8. The van der Waals surface area contributed by atoms with E-state index in [1.54, 1.807) is 0 Å². The summed E-state index contributed by atoms with van der Waals surface area (Å²) in [5.74, 6) is 0. The number of fused-ring (bicyclic) bond motifs is 1. The molecule has 1 aromatic heterocycles. The van der Waals surface area contributed by atoms with Crippen LogP contribution in [0, 0.1) is 0 Å². The molecule has 0 saturated heterocycles. The van der Waals surface area contributed by atoms with Gasteiger partial charge in [-0.2, -0.15) is 0 Å². The molecule has 0 saturated carbocycles. The second kappa shape index (κ2) is 4.22. The van der Waals surface area contributed by atoms with E-state index in [0.717, 1.165) is 0 Å². The molecule has 2 aromatic carbocycles. The molecule has 1 heterocycles. The van der Waals surface area contributed by atoms with Crippen molar-refractivity contribution in [1.82, 2.24) is 4.57 Å². The van der Waals surface area contributed by atoms with Crippen LogP contribution in [0.4, 0.5) is 5.69 Å². The van der Waals surface area contributed by atoms with Crippen LogP contribution in [0.3, 0.4) is 0 Å². The number of hydrogen-bond donors (Lipinski definition) is 0. The van der Waals surface area contributed by atoms with E-state index in [9.17, 15) is 0 Å². The van der Waals surface area contributed by atoms with Crippen molar-refractivity contribution >= 4 is 16.6 Å². The molecule has 0 fully saturated rings. The molecule has 2 nitrogen and oxygen atoms in total. The Kier molecular flexibility index (Phi) is 2.56. The van der Waals surface area contributed by atoms with Gasteiger partial charge < -0.3 is 9.47 Å². The Morgan fingerprint density at radius 3 is 2.39 bits per heavy atom. The van der Waals surface area contributed by atoms with Gasteiger partial charge in [-0.05, 0) is 29.7 Å². The molecule has 0 aliphatic heterocycles. The van der Waals surface area contributed by atoms with Crippen molar-refractivity contribution in [1.29, 1.82) is 0 Å². The Balaban J connectivity index is 2.27. The summed E-state index contributed by atoms with van der Waals surface area (Å²) in [5, 5.41) is 1.27. The van der Waals surface area contributed by atoms with Crippen LogP contribution in [0.1, 0.15) is 0 Å². The second-order valence-electron chi connectivity index (χ2n) is 4.63. The van der Waals surface area contributed by atoms with Gasteiger partial charge in [-0.3, -0.25) is 0 Å². The van der Waals surface area contributed by atoms with Gasteiger partial charge in [-0.15, -0.1) is 0 Å². The first-order chi connectivity index (χ1) is 8.77. The number of aromatic nitrogens is 1. The molecule has 0 amide bonds. The van der Waals surface area contributed by atoms with Gasteiger partial charge in [0.25, 0.3) is 0 Å². The molecule has 3 rings (SSSR count). The minimum atomic E-state index is 1.21. The maximum Gasteiger partial charge on any atom is 0.0689 e. The summed E-state index contributed by atoms with van der Waals surface area (Å²) in [6, 6.07) is 19.1. The van der Waals surface area contributed by atoms with Crippen molar-refractivity contribution in [3.63, 3.8) is 0 Å². The molecule has 0 atom stereocenters. The summed E-state index contributed by atoms with van der Waals surface area (Å²) in [4.78, 5) is 2.14. The molecule has 0 bridgehead atoms. The van der Waals surface area contributed by atoms with Gasteiger partial charge in [-0.25, -0.2) is 0 Å². The van der Waals surface area contributed by atoms with Crippen LogP contribution in [0.25, 0.3) is 16.6 Å². The van der Waals surface area contributed by atoms with Crippen LogP contribution in [0.5, 0.6) is 0 Å². The van der Waals surface area contributed by atoms with E-state index in [4.69, 9.17) is 0 Å². The second-order valence-corrected chi connectivity index (χ2v) is 4.63. The Bertz CT molecular complexity index is 680. The zero-order chi connectivity index (χ0) is 12.5. The van der Waals surface area contributed by atoms with Crippen molar-refractivity contribution in [2.45, 2.75) is 0 Å². The number of anilines is 1. The van der Waals surface area contributed by atoms with E-state index < -0.39 is 0 Å². The van der Waals surface area contributed by atoms with Crippen molar-refractivity contribution in [3.8, 4) is 5.69 Å². The van der Waals surface area contributed by atoms with E-state index in [2.05, 4.69) is 84.4 Å². The van der Waals surface area contributed by atoms with Gasteiger partial charge in [0, 0.05) is 20.3 Å². The Morgan fingerprint density at radius 2 is 1.56 bits per heavy atom. The maximum atomic E-state index is 2.24. The molecule has 0 aliphatic carbocycles. The van der Waals surface area contributed by atoms with Crippen LogP contribution in [0.2, 0.25) is 0 Å². The molecular weight excluding hydrogens is 220 g/mol. The maximum absolute atomic E-state index is 2.24. The Labute approximate surface area is 107 Å². The lowest BCUT2D eigenvalue weighted by atomic mass is 10.2. The zero-order valence-corrected chi connectivity index (χ0v) is 10.7. The van der Waals surface area contributed by atoms with Gasteiger partial charge >= 0.3 is 0 Å². The molecule has 3 aromatic rings. The average Bonchev–Trinajstić information content (AvgIpc) is 2.82. The standard InChI is InChI=1S/C16H16N2/c1-17(2)15-9-5-6-10-16(15)18-12-11-13-7-3-4-8-14(13)18/h3-12H,1-2H3. The molecule has 0 N–H and O–H groups in total. The van der Waals surface area contributed by atoms with E-state index in [0.29, 0.717) is 0 Å². The van der Waals surface area contributed by atoms with Crippen LogP contribution < -0.4 is 4.90 Å². The topological polar surface area (TPSA) is 8.17 Å². The van der Waals surface area contributed by atoms with E-state index in [1.165, 1.54) is 22.3 Å². The van der Waals surface area contributed by atoms with Crippen molar-refractivity contribution in [2.75, 3.05) is 19.0 Å². The molecule has 18 heavy (non-hydrogen) atoms. The van der Waals surface area contributed by atoms with Crippen LogP contribution in [0.15, 0.2) is 60.8 Å². The summed E-state index contributed by atoms with van der Waals surface area (Å²) in [6.45, 7) is 0. The van der Waals surface area contributed by atoms with Crippen LogP contribution in [-0.2, 0) is 0 Å². The smallest absolute Gasteiger partial charge is 0.0689 e. The molecule has 0 radical (unpaired) electrons. The highest BCUT2D eigenvalue weighted by molar-refractivity contribution is 5.83. The third-order valence-electron chi connectivity index (χ3n) is 3.22. The summed E-state index contributed by atoms with van der Waals surface area (Å²) >= 11 is 0. The van der Waals surface area contributed by atoms with Gasteiger partial charge in [0.05, 0.1) is 16.9 Å².